The number of para-hydroxylation sites is 1. The van der Waals surface area contributed by atoms with Crippen LogP contribution in [0.1, 0.15) is 37.7 Å². The highest BCUT2D eigenvalue weighted by molar-refractivity contribution is 6.31. The predicted molar refractivity (Wildman–Crippen MR) is 128 cm³/mol. The quantitative estimate of drug-likeness (QED) is 0.517. The molecule has 8 heteroatoms. The largest absolute Gasteiger partial charge is 0.383 e. The molecular weight excluding hydrogens is 428 g/mol. The van der Waals surface area contributed by atoms with Gasteiger partial charge in [0.25, 0.3) is 5.56 Å². The molecule has 2 amide bonds. The minimum Gasteiger partial charge on any atom is -0.383 e. The summed E-state index contributed by atoms with van der Waals surface area (Å²) in [4.78, 5) is 33.0. The van der Waals surface area contributed by atoms with Crippen LogP contribution in [0.3, 0.4) is 0 Å². The van der Waals surface area contributed by atoms with E-state index in [0.29, 0.717) is 47.9 Å². The number of fused-ring (bicyclic) bond motifs is 1. The average molecular weight is 457 g/mol. The van der Waals surface area contributed by atoms with Crippen LogP contribution in [0.15, 0.2) is 47.3 Å². The normalized spacial score (nSPS) is 12.0. The lowest BCUT2D eigenvalue weighted by molar-refractivity contribution is 0.130. The van der Waals surface area contributed by atoms with Crippen LogP contribution >= 0.6 is 11.6 Å². The topological polar surface area (TPSA) is 76.5 Å². The molecule has 2 aromatic carbocycles. The Kier molecular flexibility index (Phi) is 7.88. The SMILES string of the molecule is CCC(c1nc2cc(Cl)ccc2c(=O)n1CC)N(CCOC)C(=O)Nc1ccccc1C. The van der Waals surface area contributed by atoms with E-state index in [9.17, 15) is 9.59 Å². The van der Waals surface area contributed by atoms with E-state index in [0.717, 1.165) is 11.3 Å². The molecule has 7 nitrogen and oxygen atoms in total. The molecule has 0 saturated heterocycles. The molecule has 0 aliphatic heterocycles. The zero-order valence-corrected chi connectivity index (χ0v) is 19.6. The molecule has 1 atom stereocenters. The summed E-state index contributed by atoms with van der Waals surface area (Å²) in [6.45, 7) is 6.95. The molecular formula is C24H29ClN4O3. The van der Waals surface area contributed by atoms with Gasteiger partial charge in [-0.1, -0.05) is 36.7 Å². The summed E-state index contributed by atoms with van der Waals surface area (Å²) in [5, 5.41) is 4.01. The molecule has 1 heterocycles. The van der Waals surface area contributed by atoms with Gasteiger partial charge in [0.1, 0.15) is 5.82 Å². The molecule has 170 valence electrons. The number of rotatable bonds is 8. The Morgan fingerprint density at radius 1 is 1.25 bits per heavy atom. The third-order valence-electron chi connectivity index (χ3n) is 5.51. The Labute approximate surface area is 193 Å². The number of nitrogens with zero attached hydrogens (tertiary/aromatic N) is 3. The number of halogens is 1. The van der Waals surface area contributed by atoms with Gasteiger partial charge in [-0.25, -0.2) is 9.78 Å². The van der Waals surface area contributed by atoms with Crippen molar-refractivity contribution in [1.82, 2.24) is 14.5 Å². The minimum absolute atomic E-state index is 0.145. The van der Waals surface area contributed by atoms with Crippen molar-refractivity contribution in [3.8, 4) is 0 Å². The monoisotopic (exact) mass is 456 g/mol. The Bertz CT molecular complexity index is 1160. The van der Waals surface area contributed by atoms with Gasteiger partial charge in [0.05, 0.1) is 23.6 Å². The van der Waals surface area contributed by atoms with Gasteiger partial charge < -0.3 is 15.0 Å². The van der Waals surface area contributed by atoms with E-state index in [1.165, 1.54) is 0 Å². The van der Waals surface area contributed by atoms with Crippen molar-refractivity contribution in [1.29, 1.82) is 0 Å². The Hall–Kier alpha value is -2.90. The van der Waals surface area contributed by atoms with Crippen molar-refractivity contribution in [2.45, 2.75) is 39.8 Å². The standard InChI is InChI=1S/C24H29ClN4O3/c1-5-21(22-26-20-15-17(25)11-12-18(20)23(30)28(22)6-2)29(13-14-32-4)24(31)27-19-10-8-7-9-16(19)3/h7-12,15,21H,5-6,13-14H2,1-4H3,(H,27,31). The maximum Gasteiger partial charge on any atom is 0.322 e. The van der Waals surface area contributed by atoms with Gasteiger partial charge in [0.15, 0.2) is 0 Å². The number of benzene rings is 2. The summed E-state index contributed by atoms with van der Waals surface area (Å²) < 4.78 is 6.90. The van der Waals surface area contributed by atoms with E-state index in [1.807, 2.05) is 45.0 Å². The lowest BCUT2D eigenvalue weighted by Gasteiger charge is -2.32. The highest BCUT2D eigenvalue weighted by atomic mass is 35.5. The molecule has 1 aromatic heterocycles. The van der Waals surface area contributed by atoms with Gasteiger partial charge in [0.2, 0.25) is 0 Å². The van der Waals surface area contributed by atoms with Crippen LogP contribution in [-0.2, 0) is 11.3 Å². The number of amides is 2. The van der Waals surface area contributed by atoms with Crippen molar-refractivity contribution in [2.75, 3.05) is 25.6 Å². The summed E-state index contributed by atoms with van der Waals surface area (Å²) in [7, 11) is 1.59. The Morgan fingerprint density at radius 2 is 2.00 bits per heavy atom. The maximum absolute atomic E-state index is 13.4. The number of methoxy groups -OCH3 is 1. The lowest BCUT2D eigenvalue weighted by atomic mass is 10.1. The molecule has 1 unspecified atom stereocenters. The third kappa shape index (κ3) is 4.95. The highest BCUT2D eigenvalue weighted by Gasteiger charge is 2.28. The third-order valence-corrected chi connectivity index (χ3v) is 5.74. The molecule has 0 radical (unpaired) electrons. The number of nitrogens with one attached hydrogen (secondary N) is 1. The van der Waals surface area contributed by atoms with E-state index in [1.54, 1.807) is 34.8 Å². The van der Waals surface area contributed by atoms with Crippen molar-refractivity contribution in [2.24, 2.45) is 0 Å². The van der Waals surface area contributed by atoms with Crippen LogP contribution in [0.5, 0.6) is 0 Å². The van der Waals surface area contributed by atoms with Gasteiger partial charge in [-0.05, 0) is 50.1 Å². The van der Waals surface area contributed by atoms with Gasteiger partial charge in [-0.15, -0.1) is 0 Å². The summed E-state index contributed by atoms with van der Waals surface area (Å²) in [6.07, 6.45) is 0.573. The predicted octanol–water partition coefficient (Wildman–Crippen LogP) is 5.01. The molecule has 0 fully saturated rings. The number of anilines is 1. The second kappa shape index (κ2) is 10.6. The van der Waals surface area contributed by atoms with Gasteiger partial charge in [-0.3, -0.25) is 9.36 Å². The van der Waals surface area contributed by atoms with E-state index < -0.39 is 6.04 Å². The molecule has 0 aliphatic carbocycles. The maximum atomic E-state index is 13.4. The number of hydrogen-bond donors (Lipinski definition) is 1. The molecule has 32 heavy (non-hydrogen) atoms. The molecule has 3 rings (SSSR count). The number of carbonyl (C=O) groups is 1. The summed E-state index contributed by atoms with van der Waals surface area (Å²) >= 11 is 6.16. The first kappa shape index (κ1) is 23.8. The van der Waals surface area contributed by atoms with E-state index in [-0.39, 0.29) is 11.6 Å². The first-order chi connectivity index (χ1) is 15.4. The molecule has 1 N–H and O–H groups in total. The number of aromatic nitrogens is 2. The van der Waals surface area contributed by atoms with Crippen LogP contribution in [-0.4, -0.2) is 40.7 Å². The second-order valence-electron chi connectivity index (χ2n) is 7.54. The fraction of sp³-hybridized carbons (Fsp3) is 0.375. The average Bonchev–Trinajstić information content (AvgIpc) is 2.78. The lowest BCUT2D eigenvalue weighted by Crippen LogP contribution is -2.42. The van der Waals surface area contributed by atoms with Crippen molar-refractivity contribution in [3.05, 3.63) is 69.2 Å². The first-order valence-electron chi connectivity index (χ1n) is 10.7. The van der Waals surface area contributed by atoms with Crippen LogP contribution in [0, 0.1) is 6.92 Å². The number of urea groups is 1. The fourth-order valence-corrected chi connectivity index (χ4v) is 3.97. The van der Waals surface area contributed by atoms with E-state index in [2.05, 4.69) is 5.32 Å². The van der Waals surface area contributed by atoms with Crippen LogP contribution in [0.2, 0.25) is 5.02 Å². The second-order valence-corrected chi connectivity index (χ2v) is 7.97. The molecule has 0 saturated carbocycles. The van der Waals surface area contributed by atoms with Gasteiger partial charge >= 0.3 is 6.03 Å². The summed E-state index contributed by atoms with van der Waals surface area (Å²) in [5.41, 5.74) is 2.07. The molecule has 0 bridgehead atoms. The first-order valence-corrected chi connectivity index (χ1v) is 11.1. The fourth-order valence-electron chi connectivity index (χ4n) is 3.80. The van der Waals surface area contributed by atoms with Crippen LogP contribution < -0.4 is 10.9 Å². The van der Waals surface area contributed by atoms with E-state index in [4.69, 9.17) is 21.3 Å². The number of ether oxygens (including phenoxy) is 1. The Balaban J connectivity index is 2.08. The zero-order chi connectivity index (χ0) is 23.3. The zero-order valence-electron chi connectivity index (χ0n) is 18.9. The number of carbonyl (C=O) groups excluding carboxylic acids is 1. The smallest absolute Gasteiger partial charge is 0.322 e. The van der Waals surface area contributed by atoms with Crippen LogP contribution in [0.4, 0.5) is 10.5 Å². The minimum atomic E-state index is -0.426. The summed E-state index contributed by atoms with van der Waals surface area (Å²) in [5.74, 6) is 0.533. The number of aryl methyl sites for hydroxylation is 1. The summed E-state index contributed by atoms with van der Waals surface area (Å²) in [6, 6.07) is 12.0. The van der Waals surface area contributed by atoms with Crippen molar-refractivity contribution >= 4 is 34.2 Å². The van der Waals surface area contributed by atoms with E-state index >= 15 is 0 Å². The molecule has 3 aromatic rings. The highest BCUT2D eigenvalue weighted by Crippen LogP contribution is 2.26. The Morgan fingerprint density at radius 3 is 2.66 bits per heavy atom. The van der Waals surface area contributed by atoms with Crippen LogP contribution in [0.25, 0.3) is 10.9 Å². The molecule has 0 spiro atoms. The van der Waals surface area contributed by atoms with Crippen molar-refractivity contribution in [3.63, 3.8) is 0 Å². The van der Waals surface area contributed by atoms with Gasteiger partial charge in [-0.2, -0.15) is 0 Å². The van der Waals surface area contributed by atoms with Crippen molar-refractivity contribution < 1.29 is 9.53 Å². The van der Waals surface area contributed by atoms with Gasteiger partial charge in [0, 0.05) is 30.9 Å². The number of hydrogen-bond acceptors (Lipinski definition) is 4. The molecule has 0 aliphatic rings.